The molecule has 2 atom stereocenters. The Kier molecular flexibility index (Phi) is 7.45. The Hall–Kier alpha value is -3.00. The minimum atomic E-state index is -0.859. The summed E-state index contributed by atoms with van der Waals surface area (Å²) in [5.41, 5.74) is 0.336. The zero-order valence-electron chi connectivity index (χ0n) is 18.6. The summed E-state index contributed by atoms with van der Waals surface area (Å²) in [5, 5.41) is 7.93. The molecule has 3 amide bonds. The number of carbonyl (C=O) groups excluding carboxylic acids is 2. The van der Waals surface area contributed by atoms with Crippen molar-refractivity contribution in [3.8, 4) is 0 Å². The van der Waals surface area contributed by atoms with Crippen LogP contribution in [0.5, 0.6) is 0 Å². The van der Waals surface area contributed by atoms with Gasteiger partial charge < -0.3 is 16.0 Å². The largest absolute Gasteiger partial charge is 0.350 e. The van der Waals surface area contributed by atoms with Gasteiger partial charge in [-0.05, 0) is 29.5 Å². The lowest BCUT2D eigenvalue weighted by Crippen LogP contribution is -2.56. The van der Waals surface area contributed by atoms with Crippen molar-refractivity contribution in [3.63, 3.8) is 0 Å². The Morgan fingerprint density at radius 3 is 2.53 bits per heavy atom. The Morgan fingerprint density at radius 2 is 1.84 bits per heavy atom. The van der Waals surface area contributed by atoms with E-state index in [2.05, 4.69) is 33.0 Å². The van der Waals surface area contributed by atoms with E-state index in [0.717, 1.165) is 44.3 Å². The molecule has 0 aliphatic carbocycles. The van der Waals surface area contributed by atoms with Crippen molar-refractivity contribution in [2.45, 2.75) is 45.8 Å². The van der Waals surface area contributed by atoms with Gasteiger partial charge in [0.1, 0.15) is 17.7 Å². The van der Waals surface area contributed by atoms with Crippen LogP contribution in [-0.4, -0.2) is 42.0 Å². The predicted molar refractivity (Wildman–Crippen MR) is 120 cm³/mol. The first-order valence-electron chi connectivity index (χ1n) is 10.7. The summed E-state index contributed by atoms with van der Waals surface area (Å²) in [6, 6.07) is 11.3. The molecule has 8 heteroatoms. The Balaban J connectivity index is 1.58. The first-order valence-corrected chi connectivity index (χ1v) is 10.7. The summed E-state index contributed by atoms with van der Waals surface area (Å²) in [4.78, 5) is 27.7. The standard InChI is InChI=1S/C24H30F2N4O2/c1-24(2,3)21(29-23(32)28-20-13-17(25)9-10-19(20)26)22(31)27-18-11-12-30(15-18)14-16-7-5-4-6-8-16/h4-10,13,18,21H,11-12,14-15H2,1-3H3,(H,27,31)(H2,28,29,32)/t18-,21+/m0/s1. The zero-order chi connectivity index (χ0) is 23.3. The molecular formula is C24H30F2N4O2. The van der Waals surface area contributed by atoms with Crippen LogP contribution in [0, 0.1) is 17.0 Å². The molecular weight excluding hydrogens is 414 g/mol. The van der Waals surface area contributed by atoms with Crippen LogP contribution in [-0.2, 0) is 11.3 Å². The van der Waals surface area contributed by atoms with Gasteiger partial charge in [-0.2, -0.15) is 0 Å². The fourth-order valence-electron chi connectivity index (χ4n) is 3.78. The Morgan fingerprint density at radius 1 is 1.12 bits per heavy atom. The number of amides is 3. The molecule has 1 heterocycles. The first-order chi connectivity index (χ1) is 15.1. The van der Waals surface area contributed by atoms with E-state index >= 15 is 0 Å². The molecule has 0 saturated carbocycles. The topological polar surface area (TPSA) is 73.5 Å². The minimum Gasteiger partial charge on any atom is -0.350 e. The summed E-state index contributed by atoms with van der Waals surface area (Å²) < 4.78 is 27.2. The summed E-state index contributed by atoms with van der Waals surface area (Å²) in [6.45, 7) is 7.89. The van der Waals surface area contributed by atoms with E-state index in [0.29, 0.717) is 0 Å². The number of carbonyl (C=O) groups is 2. The molecule has 1 aliphatic rings. The van der Waals surface area contributed by atoms with Crippen LogP contribution in [0.4, 0.5) is 19.3 Å². The molecule has 3 N–H and O–H groups in total. The van der Waals surface area contributed by atoms with Crippen LogP contribution in [0.1, 0.15) is 32.8 Å². The third kappa shape index (κ3) is 6.50. The number of hydrogen-bond donors (Lipinski definition) is 3. The molecule has 6 nitrogen and oxygen atoms in total. The second kappa shape index (κ2) is 10.1. The van der Waals surface area contributed by atoms with Gasteiger partial charge in [0.05, 0.1) is 5.69 Å². The van der Waals surface area contributed by atoms with Crippen molar-refractivity contribution in [2.75, 3.05) is 18.4 Å². The molecule has 1 fully saturated rings. The molecule has 2 aromatic rings. The van der Waals surface area contributed by atoms with Crippen LogP contribution in [0.3, 0.4) is 0 Å². The molecule has 0 spiro atoms. The second-order valence-electron chi connectivity index (χ2n) is 9.24. The lowest BCUT2D eigenvalue weighted by atomic mass is 9.86. The summed E-state index contributed by atoms with van der Waals surface area (Å²) in [7, 11) is 0. The van der Waals surface area contributed by atoms with E-state index in [1.54, 1.807) is 0 Å². The number of halogens is 2. The smallest absolute Gasteiger partial charge is 0.319 e. The fourth-order valence-corrected chi connectivity index (χ4v) is 3.78. The molecule has 1 saturated heterocycles. The van der Waals surface area contributed by atoms with E-state index in [1.165, 1.54) is 5.56 Å². The van der Waals surface area contributed by atoms with Crippen LogP contribution in [0.25, 0.3) is 0 Å². The molecule has 2 aromatic carbocycles. The highest BCUT2D eigenvalue weighted by Crippen LogP contribution is 2.22. The molecule has 0 radical (unpaired) electrons. The highest BCUT2D eigenvalue weighted by molar-refractivity contribution is 5.94. The molecule has 172 valence electrons. The lowest BCUT2D eigenvalue weighted by molar-refractivity contribution is -0.125. The van der Waals surface area contributed by atoms with Crippen LogP contribution >= 0.6 is 0 Å². The summed E-state index contributed by atoms with van der Waals surface area (Å²) >= 11 is 0. The maximum absolute atomic E-state index is 13.8. The monoisotopic (exact) mass is 444 g/mol. The minimum absolute atomic E-state index is 0.0263. The van der Waals surface area contributed by atoms with Crippen molar-refractivity contribution in [2.24, 2.45) is 5.41 Å². The lowest BCUT2D eigenvalue weighted by Gasteiger charge is -2.31. The molecule has 0 bridgehead atoms. The Bertz CT molecular complexity index is 947. The Labute approximate surface area is 187 Å². The number of benzene rings is 2. The third-order valence-electron chi connectivity index (χ3n) is 5.45. The van der Waals surface area contributed by atoms with Crippen LogP contribution < -0.4 is 16.0 Å². The number of nitrogens with one attached hydrogen (secondary N) is 3. The molecule has 0 unspecified atom stereocenters. The van der Waals surface area contributed by atoms with Gasteiger partial charge in [-0.1, -0.05) is 51.1 Å². The van der Waals surface area contributed by atoms with Gasteiger partial charge >= 0.3 is 6.03 Å². The average Bonchev–Trinajstić information content (AvgIpc) is 3.15. The fraction of sp³-hybridized carbons (Fsp3) is 0.417. The van der Waals surface area contributed by atoms with Gasteiger partial charge in [0, 0.05) is 31.7 Å². The van der Waals surface area contributed by atoms with Gasteiger partial charge in [0.2, 0.25) is 5.91 Å². The van der Waals surface area contributed by atoms with Crippen molar-refractivity contribution in [1.82, 2.24) is 15.5 Å². The molecule has 0 aromatic heterocycles. The number of urea groups is 1. The summed E-state index contributed by atoms with van der Waals surface area (Å²) in [6.07, 6.45) is 0.816. The van der Waals surface area contributed by atoms with Gasteiger partial charge in [-0.3, -0.25) is 9.69 Å². The van der Waals surface area contributed by atoms with Crippen molar-refractivity contribution < 1.29 is 18.4 Å². The third-order valence-corrected chi connectivity index (χ3v) is 5.45. The van der Waals surface area contributed by atoms with E-state index in [1.807, 2.05) is 39.0 Å². The van der Waals surface area contributed by atoms with E-state index < -0.39 is 29.1 Å². The molecule has 1 aliphatic heterocycles. The van der Waals surface area contributed by atoms with Gasteiger partial charge in [0.15, 0.2) is 0 Å². The SMILES string of the molecule is CC(C)(C)[C@H](NC(=O)Nc1cc(F)ccc1F)C(=O)N[C@H]1CCN(Cc2ccccc2)C1. The quantitative estimate of drug-likeness (QED) is 0.633. The normalized spacial score (nSPS) is 17.6. The number of rotatable bonds is 6. The first kappa shape index (κ1) is 23.7. The number of hydrogen-bond acceptors (Lipinski definition) is 3. The van der Waals surface area contributed by atoms with Gasteiger partial charge in [-0.15, -0.1) is 0 Å². The predicted octanol–water partition coefficient (Wildman–Crippen LogP) is 3.89. The van der Waals surface area contributed by atoms with Crippen molar-refractivity contribution >= 4 is 17.6 Å². The maximum atomic E-state index is 13.8. The maximum Gasteiger partial charge on any atom is 0.319 e. The van der Waals surface area contributed by atoms with Gasteiger partial charge in [-0.25, -0.2) is 13.6 Å². The average molecular weight is 445 g/mol. The highest BCUT2D eigenvalue weighted by Gasteiger charge is 2.35. The van der Waals surface area contributed by atoms with E-state index in [9.17, 15) is 18.4 Å². The molecule has 32 heavy (non-hydrogen) atoms. The zero-order valence-corrected chi connectivity index (χ0v) is 18.6. The molecule has 3 rings (SSSR count). The van der Waals surface area contributed by atoms with Crippen molar-refractivity contribution in [1.29, 1.82) is 0 Å². The number of likely N-dealkylation sites (tertiary alicyclic amines) is 1. The van der Waals surface area contributed by atoms with Crippen LogP contribution in [0.2, 0.25) is 0 Å². The number of anilines is 1. The van der Waals surface area contributed by atoms with Gasteiger partial charge in [0.25, 0.3) is 0 Å². The van der Waals surface area contributed by atoms with E-state index in [-0.39, 0.29) is 17.6 Å². The summed E-state index contributed by atoms with van der Waals surface area (Å²) in [5.74, 6) is -1.74. The number of nitrogens with zero attached hydrogens (tertiary/aromatic N) is 1. The van der Waals surface area contributed by atoms with E-state index in [4.69, 9.17) is 0 Å². The highest BCUT2D eigenvalue weighted by atomic mass is 19.1. The van der Waals surface area contributed by atoms with Crippen molar-refractivity contribution in [3.05, 3.63) is 65.7 Å². The van der Waals surface area contributed by atoms with Crippen LogP contribution in [0.15, 0.2) is 48.5 Å². The second-order valence-corrected chi connectivity index (χ2v) is 9.24.